The highest BCUT2D eigenvalue weighted by Crippen LogP contribution is 2.13. The molecule has 1 aromatic rings. The van der Waals surface area contributed by atoms with Crippen molar-refractivity contribution in [2.45, 2.75) is 32.7 Å². The average Bonchev–Trinajstić information content (AvgIpc) is 2.39. The Labute approximate surface area is 114 Å². The molecule has 1 aromatic carbocycles. The summed E-state index contributed by atoms with van der Waals surface area (Å²) >= 11 is 0. The van der Waals surface area contributed by atoms with E-state index in [1.165, 1.54) is 7.11 Å². The molecule has 0 heterocycles. The van der Waals surface area contributed by atoms with E-state index in [4.69, 9.17) is 0 Å². The Bertz CT molecular complexity index is 417. The highest BCUT2D eigenvalue weighted by atomic mass is 16.5. The molecule has 0 aliphatic heterocycles. The van der Waals surface area contributed by atoms with Crippen LogP contribution in [0.5, 0.6) is 0 Å². The van der Waals surface area contributed by atoms with Gasteiger partial charge in [-0.3, -0.25) is 9.59 Å². The summed E-state index contributed by atoms with van der Waals surface area (Å²) < 4.78 is 4.58. The number of methoxy groups -OCH3 is 1. The molecule has 0 saturated carbocycles. The summed E-state index contributed by atoms with van der Waals surface area (Å²) in [6, 6.07) is 9.75. The van der Waals surface area contributed by atoms with Crippen LogP contribution >= 0.6 is 0 Å². The summed E-state index contributed by atoms with van der Waals surface area (Å²) in [4.78, 5) is 22.9. The van der Waals surface area contributed by atoms with E-state index in [0.717, 1.165) is 5.56 Å². The zero-order valence-electron chi connectivity index (χ0n) is 11.7. The number of rotatable bonds is 6. The predicted molar refractivity (Wildman–Crippen MR) is 73.4 cm³/mol. The average molecular weight is 263 g/mol. The molecule has 0 fully saturated rings. The Morgan fingerprint density at radius 3 is 2.37 bits per heavy atom. The summed E-state index contributed by atoms with van der Waals surface area (Å²) in [7, 11) is 1.35. The first kappa shape index (κ1) is 15.2. The van der Waals surface area contributed by atoms with Crippen molar-refractivity contribution in [3.8, 4) is 0 Å². The first-order valence-electron chi connectivity index (χ1n) is 6.44. The van der Waals surface area contributed by atoms with Crippen molar-refractivity contribution >= 4 is 11.9 Å². The standard InChI is InChI=1S/C15H21NO3/c1-11(10-15(18)19-3)9-14(17)16-12(2)13-7-5-4-6-8-13/h4-8,11-12H,9-10H2,1-3H3,(H,16,17)/t11-,12-/m1/s1. The Balaban J connectivity index is 2.41. The van der Waals surface area contributed by atoms with Crippen molar-refractivity contribution in [1.29, 1.82) is 0 Å². The lowest BCUT2D eigenvalue weighted by atomic mass is 10.0. The largest absolute Gasteiger partial charge is 0.469 e. The van der Waals surface area contributed by atoms with E-state index in [0.29, 0.717) is 6.42 Å². The minimum Gasteiger partial charge on any atom is -0.469 e. The maximum absolute atomic E-state index is 11.8. The van der Waals surface area contributed by atoms with Gasteiger partial charge < -0.3 is 10.1 Å². The van der Waals surface area contributed by atoms with Crippen LogP contribution in [0.4, 0.5) is 0 Å². The molecule has 4 nitrogen and oxygen atoms in total. The third kappa shape index (κ3) is 5.55. The topological polar surface area (TPSA) is 55.4 Å². The van der Waals surface area contributed by atoms with Gasteiger partial charge in [-0.1, -0.05) is 37.3 Å². The molecule has 0 aromatic heterocycles. The van der Waals surface area contributed by atoms with E-state index >= 15 is 0 Å². The molecule has 104 valence electrons. The summed E-state index contributed by atoms with van der Waals surface area (Å²) in [5.41, 5.74) is 1.07. The van der Waals surface area contributed by atoms with Gasteiger partial charge in [0, 0.05) is 12.8 Å². The minimum atomic E-state index is -0.281. The van der Waals surface area contributed by atoms with Crippen LogP contribution in [-0.2, 0) is 14.3 Å². The van der Waals surface area contributed by atoms with Gasteiger partial charge in [-0.05, 0) is 18.4 Å². The second kappa shape index (κ2) is 7.56. The lowest BCUT2D eigenvalue weighted by molar-refractivity contribution is -0.141. The molecule has 4 heteroatoms. The fourth-order valence-corrected chi connectivity index (χ4v) is 1.88. The molecular weight excluding hydrogens is 242 g/mol. The molecule has 0 spiro atoms. The van der Waals surface area contributed by atoms with E-state index in [-0.39, 0.29) is 30.3 Å². The molecule has 1 N–H and O–H groups in total. The van der Waals surface area contributed by atoms with Gasteiger partial charge in [0.05, 0.1) is 13.2 Å². The van der Waals surface area contributed by atoms with Gasteiger partial charge in [0.15, 0.2) is 0 Å². The number of hydrogen-bond acceptors (Lipinski definition) is 3. The third-order valence-corrected chi connectivity index (χ3v) is 2.95. The predicted octanol–water partition coefficient (Wildman–Crippen LogP) is 2.45. The number of hydrogen-bond donors (Lipinski definition) is 1. The number of ether oxygens (including phenoxy) is 1. The lowest BCUT2D eigenvalue weighted by Crippen LogP contribution is -2.28. The number of benzene rings is 1. The van der Waals surface area contributed by atoms with E-state index in [1.54, 1.807) is 0 Å². The Kier molecular flexibility index (Phi) is 6.06. The smallest absolute Gasteiger partial charge is 0.305 e. The van der Waals surface area contributed by atoms with E-state index in [1.807, 2.05) is 44.2 Å². The first-order chi connectivity index (χ1) is 9.02. The third-order valence-electron chi connectivity index (χ3n) is 2.95. The first-order valence-corrected chi connectivity index (χ1v) is 6.44. The van der Waals surface area contributed by atoms with E-state index < -0.39 is 0 Å². The van der Waals surface area contributed by atoms with Gasteiger partial charge >= 0.3 is 5.97 Å². The minimum absolute atomic E-state index is 0.0181. The maximum Gasteiger partial charge on any atom is 0.305 e. The lowest BCUT2D eigenvalue weighted by Gasteiger charge is -2.16. The molecule has 0 unspecified atom stereocenters. The normalized spacial score (nSPS) is 13.4. The molecule has 0 bridgehead atoms. The zero-order chi connectivity index (χ0) is 14.3. The quantitative estimate of drug-likeness (QED) is 0.802. The summed E-state index contributed by atoms with van der Waals surface area (Å²) in [5.74, 6) is -0.348. The van der Waals surface area contributed by atoms with Gasteiger partial charge in [0.25, 0.3) is 0 Å². The van der Waals surface area contributed by atoms with Crippen molar-refractivity contribution in [3.05, 3.63) is 35.9 Å². The maximum atomic E-state index is 11.8. The Morgan fingerprint density at radius 2 is 1.79 bits per heavy atom. The van der Waals surface area contributed by atoms with Crippen LogP contribution in [0, 0.1) is 5.92 Å². The summed E-state index contributed by atoms with van der Waals surface area (Å²) in [6.45, 7) is 3.81. The highest BCUT2D eigenvalue weighted by Gasteiger charge is 2.15. The van der Waals surface area contributed by atoms with Crippen molar-refractivity contribution in [3.63, 3.8) is 0 Å². The summed E-state index contributed by atoms with van der Waals surface area (Å²) in [5, 5.41) is 2.93. The van der Waals surface area contributed by atoms with Gasteiger partial charge in [-0.15, -0.1) is 0 Å². The summed E-state index contributed by atoms with van der Waals surface area (Å²) in [6.07, 6.45) is 0.593. The fourth-order valence-electron chi connectivity index (χ4n) is 1.88. The Hall–Kier alpha value is -1.84. The van der Waals surface area contributed by atoms with Crippen LogP contribution in [0.25, 0.3) is 0 Å². The molecule has 1 rings (SSSR count). The number of esters is 1. The van der Waals surface area contributed by atoms with Gasteiger partial charge in [0.2, 0.25) is 5.91 Å². The number of amides is 1. The van der Waals surface area contributed by atoms with Crippen LogP contribution in [0.2, 0.25) is 0 Å². The van der Waals surface area contributed by atoms with Crippen LogP contribution in [-0.4, -0.2) is 19.0 Å². The van der Waals surface area contributed by atoms with Gasteiger partial charge in [-0.25, -0.2) is 0 Å². The SMILES string of the molecule is COC(=O)C[C@H](C)CC(=O)N[C@H](C)c1ccccc1. The van der Waals surface area contributed by atoms with E-state index in [2.05, 4.69) is 10.1 Å². The van der Waals surface area contributed by atoms with Crippen LogP contribution in [0.3, 0.4) is 0 Å². The van der Waals surface area contributed by atoms with Gasteiger partial charge in [-0.2, -0.15) is 0 Å². The number of nitrogens with one attached hydrogen (secondary N) is 1. The van der Waals surface area contributed by atoms with Gasteiger partial charge in [0.1, 0.15) is 0 Å². The second-order valence-corrected chi connectivity index (χ2v) is 4.79. The van der Waals surface area contributed by atoms with Crippen LogP contribution < -0.4 is 5.32 Å². The zero-order valence-corrected chi connectivity index (χ0v) is 11.7. The van der Waals surface area contributed by atoms with Crippen LogP contribution in [0.15, 0.2) is 30.3 Å². The molecule has 0 saturated heterocycles. The molecule has 0 aliphatic rings. The van der Waals surface area contributed by atoms with Crippen molar-refractivity contribution in [1.82, 2.24) is 5.32 Å². The number of carbonyl (C=O) groups excluding carboxylic acids is 2. The molecule has 2 atom stereocenters. The Morgan fingerprint density at radius 1 is 1.16 bits per heavy atom. The number of carbonyl (C=O) groups is 2. The van der Waals surface area contributed by atoms with Crippen molar-refractivity contribution in [2.75, 3.05) is 7.11 Å². The fraction of sp³-hybridized carbons (Fsp3) is 0.467. The highest BCUT2D eigenvalue weighted by molar-refractivity contribution is 5.77. The van der Waals surface area contributed by atoms with Crippen LogP contribution in [0.1, 0.15) is 38.3 Å². The molecule has 0 radical (unpaired) electrons. The molecular formula is C15H21NO3. The van der Waals surface area contributed by atoms with E-state index in [9.17, 15) is 9.59 Å². The van der Waals surface area contributed by atoms with Crippen molar-refractivity contribution < 1.29 is 14.3 Å². The molecule has 19 heavy (non-hydrogen) atoms. The van der Waals surface area contributed by atoms with Crippen molar-refractivity contribution in [2.24, 2.45) is 5.92 Å². The monoisotopic (exact) mass is 263 g/mol. The molecule has 0 aliphatic carbocycles. The molecule has 1 amide bonds. The second-order valence-electron chi connectivity index (χ2n) is 4.79.